The molecule has 0 aromatic carbocycles. The van der Waals surface area contributed by atoms with E-state index >= 15 is 0 Å². The maximum absolute atomic E-state index is 12.8. The van der Waals surface area contributed by atoms with Crippen molar-refractivity contribution in [3.05, 3.63) is 29.8 Å². The van der Waals surface area contributed by atoms with Crippen LogP contribution in [0, 0.1) is 0 Å². The van der Waals surface area contributed by atoms with Gasteiger partial charge in [-0.15, -0.1) is 12.4 Å². The summed E-state index contributed by atoms with van der Waals surface area (Å²) < 4.78 is 41.2. The first kappa shape index (κ1) is 17.4. The number of hydrogen-bond donors (Lipinski definition) is 1. The van der Waals surface area contributed by atoms with Crippen LogP contribution in [0.5, 0.6) is 0 Å². The molecule has 2 rings (SSSR count). The predicted octanol–water partition coefficient (Wildman–Crippen LogP) is 3.25. The lowest BCUT2D eigenvalue weighted by molar-refractivity contribution is -0.142. The number of alkyl halides is 3. The summed E-state index contributed by atoms with van der Waals surface area (Å²) in [5.41, 5.74) is -0.0725. The summed E-state index contributed by atoms with van der Waals surface area (Å²) in [4.78, 5) is 0. The zero-order chi connectivity index (χ0) is 14.9. The van der Waals surface area contributed by atoms with Crippen molar-refractivity contribution in [1.29, 1.82) is 0 Å². The molecule has 2 aromatic heterocycles. The summed E-state index contributed by atoms with van der Waals surface area (Å²) in [7, 11) is 1.47. The molecule has 2 heterocycles. The highest BCUT2D eigenvalue weighted by molar-refractivity contribution is 5.85. The summed E-state index contributed by atoms with van der Waals surface area (Å²) in [6, 6.07) is 0.203. The standard InChI is InChI=1S/C12H16F3N5.ClH/c1-8(2)20-7-10(5-17-20)16-4-9-6-19(3)18-11(9)12(13,14)15;/h5-8,16H,4H2,1-3H3;1H. The van der Waals surface area contributed by atoms with Crippen molar-refractivity contribution in [2.75, 3.05) is 5.32 Å². The third-order valence-corrected chi connectivity index (χ3v) is 2.79. The maximum atomic E-state index is 12.8. The van der Waals surface area contributed by atoms with Gasteiger partial charge in [0.15, 0.2) is 5.69 Å². The van der Waals surface area contributed by atoms with E-state index in [0.717, 1.165) is 4.68 Å². The van der Waals surface area contributed by atoms with Gasteiger partial charge in [-0.2, -0.15) is 23.4 Å². The third kappa shape index (κ3) is 4.13. The van der Waals surface area contributed by atoms with E-state index in [0.29, 0.717) is 5.69 Å². The number of aryl methyl sites for hydroxylation is 1. The van der Waals surface area contributed by atoms with E-state index in [1.165, 1.54) is 13.2 Å². The molecule has 0 saturated heterocycles. The first-order chi connectivity index (χ1) is 9.27. The van der Waals surface area contributed by atoms with Crippen molar-refractivity contribution in [3.63, 3.8) is 0 Å². The Bertz CT molecular complexity index is 588. The average molecular weight is 324 g/mol. The van der Waals surface area contributed by atoms with Crippen LogP contribution in [0.25, 0.3) is 0 Å². The number of nitrogens with one attached hydrogen (secondary N) is 1. The quantitative estimate of drug-likeness (QED) is 0.939. The Kier molecular flexibility index (Phi) is 5.27. The topological polar surface area (TPSA) is 47.7 Å². The Morgan fingerprint density at radius 3 is 2.48 bits per heavy atom. The van der Waals surface area contributed by atoms with Gasteiger partial charge in [0.25, 0.3) is 0 Å². The minimum absolute atomic E-state index is 0. The number of anilines is 1. The van der Waals surface area contributed by atoms with Crippen molar-refractivity contribution >= 4 is 18.1 Å². The molecule has 0 amide bonds. The maximum Gasteiger partial charge on any atom is 0.435 e. The Morgan fingerprint density at radius 1 is 1.29 bits per heavy atom. The molecule has 0 aliphatic carbocycles. The van der Waals surface area contributed by atoms with E-state index in [9.17, 15) is 13.2 Å². The highest BCUT2D eigenvalue weighted by Crippen LogP contribution is 2.30. The Labute approximate surface area is 126 Å². The monoisotopic (exact) mass is 323 g/mol. The molecule has 9 heteroatoms. The lowest BCUT2D eigenvalue weighted by atomic mass is 10.2. The predicted molar refractivity (Wildman–Crippen MR) is 75.4 cm³/mol. The second-order valence-corrected chi connectivity index (χ2v) is 4.83. The van der Waals surface area contributed by atoms with Gasteiger partial charge in [-0.3, -0.25) is 9.36 Å². The number of aromatic nitrogens is 4. The smallest absolute Gasteiger partial charge is 0.378 e. The molecule has 21 heavy (non-hydrogen) atoms. The molecular weight excluding hydrogens is 307 g/mol. The fourth-order valence-electron chi connectivity index (χ4n) is 1.81. The van der Waals surface area contributed by atoms with Crippen LogP contribution in [0.4, 0.5) is 18.9 Å². The molecule has 0 radical (unpaired) electrons. The van der Waals surface area contributed by atoms with Crippen LogP contribution < -0.4 is 5.32 Å². The van der Waals surface area contributed by atoms with Crippen LogP contribution in [0.15, 0.2) is 18.6 Å². The fourth-order valence-corrected chi connectivity index (χ4v) is 1.81. The van der Waals surface area contributed by atoms with Crippen molar-refractivity contribution < 1.29 is 13.2 Å². The fraction of sp³-hybridized carbons (Fsp3) is 0.500. The zero-order valence-corrected chi connectivity index (χ0v) is 12.7. The van der Waals surface area contributed by atoms with E-state index in [-0.39, 0.29) is 30.6 Å². The van der Waals surface area contributed by atoms with Crippen LogP contribution >= 0.6 is 12.4 Å². The van der Waals surface area contributed by atoms with Gasteiger partial charge in [0, 0.05) is 37.6 Å². The molecular formula is C12H17ClF3N5. The molecule has 0 bridgehead atoms. The summed E-state index contributed by atoms with van der Waals surface area (Å²) in [5.74, 6) is 0. The largest absolute Gasteiger partial charge is 0.435 e. The SMILES string of the molecule is CC(C)n1cc(NCc2cn(C)nc2C(F)(F)F)cn1.Cl. The second-order valence-electron chi connectivity index (χ2n) is 4.83. The Morgan fingerprint density at radius 2 is 1.95 bits per heavy atom. The number of rotatable bonds is 4. The van der Waals surface area contributed by atoms with Gasteiger partial charge in [-0.05, 0) is 13.8 Å². The molecule has 0 spiro atoms. The first-order valence-corrected chi connectivity index (χ1v) is 6.15. The Balaban J connectivity index is 0.00000220. The average Bonchev–Trinajstić information content (AvgIpc) is 2.91. The van der Waals surface area contributed by atoms with E-state index < -0.39 is 11.9 Å². The number of halogens is 4. The summed E-state index contributed by atoms with van der Waals surface area (Å²) >= 11 is 0. The molecule has 0 fully saturated rings. The number of hydrogen-bond acceptors (Lipinski definition) is 3. The van der Waals surface area contributed by atoms with Crippen LogP contribution in [0.1, 0.15) is 31.1 Å². The van der Waals surface area contributed by atoms with Gasteiger partial charge in [-0.25, -0.2) is 0 Å². The van der Waals surface area contributed by atoms with Crippen LogP contribution in [-0.2, 0) is 19.8 Å². The summed E-state index contributed by atoms with van der Waals surface area (Å²) in [6.07, 6.45) is 0.265. The van der Waals surface area contributed by atoms with Gasteiger partial charge in [0.2, 0.25) is 0 Å². The lowest BCUT2D eigenvalue weighted by Gasteiger charge is -2.07. The van der Waals surface area contributed by atoms with Crippen molar-refractivity contribution in [1.82, 2.24) is 19.6 Å². The van der Waals surface area contributed by atoms with E-state index in [2.05, 4.69) is 15.5 Å². The molecule has 2 aromatic rings. The number of nitrogens with zero attached hydrogens (tertiary/aromatic N) is 4. The highest BCUT2D eigenvalue weighted by atomic mass is 35.5. The van der Waals surface area contributed by atoms with E-state index in [1.54, 1.807) is 17.1 Å². The van der Waals surface area contributed by atoms with Gasteiger partial charge < -0.3 is 5.32 Å². The van der Waals surface area contributed by atoms with Crippen LogP contribution in [0.3, 0.4) is 0 Å². The Hall–Kier alpha value is -1.70. The third-order valence-electron chi connectivity index (χ3n) is 2.79. The van der Waals surface area contributed by atoms with Gasteiger partial charge >= 0.3 is 6.18 Å². The first-order valence-electron chi connectivity index (χ1n) is 6.15. The van der Waals surface area contributed by atoms with E-state index in [1.807, 2.05) is 13.8 Å². The molecule has 1 N–H and O–H groups in total. The van der Waals surface area contributed by atoms with Crippen molar-refractivity contribution in [2.45, 2.75) is 32.6 Å². The van der Waals surface area contributed by atoms with Gasteiger partial charge in [0.05, 0.1) is 11.9 Å². The van der Waals surface area contributed by atoms with E-state index in [4.69, 9.17) is 0 Å². The summed E-state index contributed by atoms with van der Waals surface area (Å²) in [6.45, 7) is 3.99. The molecule has 0 atom stereocenters. The van der Waals surface area contributed by atoms with Crippen molar-refractivity contribution in [3.8, 4) is 0 Å². The van der Waals surface area contributed by atoms with Crippen LogP contribution in [0.2, 0.25) is 0 Å². The lowest BCUT2D eigenvalue weighted by Crippen LogP contribution is -2.11. The molecule has 0 aliphatic rings. The second kappa shape index (κ2) is 6.38. The van der Waals surface area contributed by atoms with Crippen LogP contribution in [-0.4, -0.2) is 19.6 Å². The molecule has 5 nitrogen and oxygen atoms in total. The molecule has 0 unspecified atom stereocenters. The minimum Gasteiger partial charge on any atom is -0.378 e. The van der Waals surface area contributed by atoms with Gasteiger partial charge in [-0.1, -0.05) is 0 Å². The minimum atomic E-state index is -4.44. The molecule has 0 saturated carbocycles. The summed E-state index contributed by atoms with van der Waals surface area (Å²) in [5, 5.41) is 10.5. The molecule has 118 valence electrons. The normalized spacial score (nSPS) is 11.6. The van der Waals surface area contributed by atoms with Crippen molar-refractivity contribution in [2.24, 2.45) is 7.05 Å². The zero-order valence-electron chi connectivity index (χ0n) is 11.8. The highest BCUT2D eigenvalue weighted by Gasteiger charge is 2.36. The van der Waals surface area contributed by atoms with Gasteiger partial charge in [0.1, 0.15) is 0 Å². The molecule has 0 aliphatic heterocycles.